The van der Waals surface area contributed by atoms with E-state index in [0.29, 0.717) is 26.1 Å². The van der Waals surface area contributed by atoms with Crippen LogP contribution in [0.5, 0.6) is 0 Å². The van der Waals surface area contributed by atoms with E-state index in [4.69, 9.17) is 0 Å². The molecule has 3 aromatic rings. The molecule has 2 aromatic heterocycles. The van der Waals surface area contributed by atoms with Gasteiger partial charge in [0.2, 0.25) is 0 Å². The number of benzene rings is 1. The molecule has 7 heteroatoms. The number of rotatable bonds is 5. The van der Waals surface area contributed by atoms with Crippen LogP contribution in [0.3, 0.4) is 0 Å². The van der Waals surface area contributed by atoms with Crippen molar-refractivity contribution in [2.75, 3.05) is 19.6 Å². The van der Waals surface area contributed by atoms with E-state index in [0.717, 1.165) is 32.0 Å². The summed E-state index contributed by atoms with van der Waals surface area (Å²) >= 11 is 1.55. The van der Waals surface area contributed by atoms with Crippen LogP contribution >= 0.6 is 11.3 Å². The Labute approximate surface area is 154 Å². The molecule has 3 heterocycles. The first-order valence-electron chi connectivity index (χ1n) is 8.64. The Bertz CT molecular complexity index is 958. The number of aromatic nitrogens is 3. The number of ketones is 1. The summed E-state index contributed by atoms with van der Waals surface area (Å²) in [6.45, 7) is 3.25. The van der Waals surface area contributed by atoms with Crippen molar-refractivity contribution in [3.63, 3.8) is 0 Å². The Morgan fingerprint density at radius 3 is 2.92 bits per heavy atom. The molecule has 1 aliphatic rings. The zero-order chi connectivity index (χ0) is 18.1. The predicted molar refractivity (Wildman–Crippen MR) is 100 cm³/mol. The summed E-state index contributed by atoms with van der Waals surface area (Å²) in [4.78, 5) is 18.6. The maximum atomic E-state index is 13.2. The smallest absolute Gasteiger partial charge is 0.152 e. The van der Waals surface area contributed by atoms with Crippen LogP contribution in [0.15, 0.2) is 30.5 Å². The fourth-order valence-corrected chi connectivity index (χ4v) is 3.95. The van der Waals surface area contributed by atoms with Crippen LogP contribution in [0.1, 0.15) is 17.1 Å². The Morgan fingerprint density at radius 2 is 2.19 bits per heavy atom. The monoisotopic (exact) mass is 370 g/mol. The first-order chi connectivity index (χ1) is 12.6. The highest BCUT2D eigenvalue weighted by Gasteiger charge is 2.23. The third-order valence-corrected chi connectivity index (χ3v) is 5.43. The van der Waals surface area contributed by atoms with Gasteiger partial charge in [0.1, 0.15) is 16.2 Å². The second kappa shape index (κ2) is 7.17. The van der Waals surface area contributed by atoms with E-state index in [1.165, 1.54) is 0 Å². The van der Waals surface area contributed by atoms with Gasteiger partial charge in [-0.2, -0.15) is 0 Å². The maximum absolute atomic E-state index is 13.2. The highest BCUT2D eigenvalue weighted by Crippen LogP contribution is 2.27. The van der Waals surface area contributed by atoms with E-state index in [9.17, 15) is 9.18 Å². The van der Waals surface area contributed by atoms with Gasteiger partial charge >= 0.3 is 0 Å². The number of hydrogen-bond acceptors (Lipinski definition) is 6. The van der Waals surface area contributed by atoms with Gasteiger partial charge in [0.15, 0.2) is 5.78 Å². The minimum atomic E-state index is -0.802. The largest absolute Gasteiger partial charge is 0.298 e. The molecule has 26 heavy (non-hydrogen) atoms. The van der Waals surface area contributed by atoms with Crippen molar-refractivity contribution in [3.05, 3.63) is 41.2 Å². The predicted octanol–water partition coefficient (Wildman–Crippen LogP) is 3.22. The van der Waals surface area contributed by atoms with Gasteiger partial charge in [-0.1, -0.05) is 23.5 Å². The van der Waals surface area contributed by atoms with E-state index >= 15 is 0 Å². The van der Waals surface area contributed by atoms with E-state index in [-0.39, 0.29) is 12.2 Å². The summed E-state index contributed by atoms with van der Waals surface area (Å²) in [5.74, 6) is 0.0712. The number of aryl methyl sites for hydroxylation is 1. The van der Waals surface area contributed by atoms with E-state index in [2.05, 4.69) is 21.2 Å². The SMILES string of the molecule is Cc1nnc(-c2ccc3cnc(CC(=O)CN4CC[C@@H](F)C4)cc3c2)s1. The summed E-state index contributed by atoms with van der Waals surface area (Å²) in [7, 11) is 0. The molecule has 1 aliphatic heterocycles. The van der Waals surface area contributed by atoms with Gasteiger partial charge < -0.3 is 0 Å². The average molecular weight is 370 g/mol. The topological polar surface area (TPSA) is 59.0 Å². The lowest BCUT2D eigenvalue weighted by Gasteiger charge is -2.13. The lowest BCUT2D eigenvalue weighted by atomic mass is 10.1. The Balaban J connectivity index is 1.51. The molecule has 134 valence electrons. The van der Waals surface area contributed by atoms with Crippen molar-refractivity contribution in [2.45, 2.75) is 25.9 Å². The molecule has 0 N–H and O–H groups in total. The average Bonchev–Trinajstić information content (AvgIpc) is 3.22. The number of fused-ring (bicyclic) bond motifs is 1. The molecule has 0 amide bonds. The molecule has 5 nitrogen and oxygen atoms in total. The number of pyridine rings is 1. The first kappa shape index (κ1) is 17.2. The highest BCUT2D eigenvalue weighted by atomic mass is 32.1. The van der Waals surface area contributed by atoms with Crippen molar-refractivity contribution < 1.29 is 9.18 Å². The molecule has 1 atom stereocenters. The van der Waals surface area contributed by atoms with Crippen molar-refractivity contribution in [2.24, 2.45) is 0 Å². The highest BCUT2D eigenvalue weighted by molar-refractivity contribution is 7.14. The molecule has 0 unspecified atom stereocenters. The quantitative estimate of drug-likeness (QED) is 0.690. The second-order valence-corrected chi connectivity index (χ2v) is 7.88. The minimum Gasteiger partial charge on any atom is -0.298 e. The van der Waals surface area contributed by atoms with Crippen LogP contribution in [0.2, 0.25) is 0 Å². The number of alkyl halides is 1. The lowest BCUT2D eigenvalue weighted by Crippen LogP contribution is -2.29. The lowest BCUT2D eigenvalue weighted by molar-refractivity contribution is -0.119. The Hall–Kier alpha value is -2.25. The van der Waals surface area contributed by atoms with Crippen LogP contribution in [0.25, 0.3) is 21.3 Å². The van der Waals surface area contributed by atoms with Crippen LogP contribution in [0, 0.1) is 6.92 Å². The van der Waals surface area contributed by atoms with Gasteiger partial charge in [0, 0.05) is 35.9 Å². The maximum Gasteiger partial charge on any atom is 0.152 e. The normalized spacial score (nSPS) is 17.8. The number of carbonyl (C=O) groups is 1. The van der Waals surface area contributed by atoms with E-state index < -0.39 is 6.17 Å². The second-order valence-electron chi connectivity index (χ2n) is 6.70. The van der Waals surface area contributed by atoms with Crippen LogP contribution < -0.4 is 0 Å². The van der Waals surface area contributed by atoms with Gasteiger partial charge in [0.25, 0.3) is 0 Å². The van der Waals surface area contributed by atoms with Crippen LogP contribution in [-0.2, 0) is 11.2 Å². The minimum absolute atomic E-state index is 0.0712. The molecule has 1 aromatic carbocycles. The molecule has 0 radical (unpaired) electrons. The standard InChI is InChI=1S/C19H19FN4OS/c1-12-22-23-19(26-12)13-2-3-14-9-21-17(7-15(14)6-13)8-18(25)11-24-5-4-16(20)10-24/h2-3,6-7,9,16H,4-5,8,10-11H2,1H3/t16-/m1/s1. The van der Waals surface area contributed by atoms with Gasteiger partial charge in [-0.15, -0.1) is 10.2 Å². The summed E-state index contributed by atoms with van der Waals surface area (Å²) in [6.07, 6.45) is 1.78. The number of carbonyl (C=O) groups excluding carboxylic acids is 1. The molecular formula is C19H19FN4OS. The van der Waals surface area contributed by atoms with Crippen molar-refractivity contribution in [3.8, 4) is 10.6 Å². The Kier molecular flexibility index (Phi) is 4.74. The zero-order valence-corrected chi connectivity index (χ0v) is 15.3. The number of likely N-dealkylation sites (tertiary alicyclic amines) is 1. The number of Topliss-reactive ketones (excluding diaryl/α,β-unsaturated/α-hetero) is 1. The molecule has 0 aliphatic carbocycles. The fraction of sp³-hybridized carbons (Fsp3) is 0.368. The van der Waals surface area contributed by atoms with Gasteiger partial charge in [-0.05, 0) is 30.9 Å². The van der Waals surface area contributed by atoms with Gasteiger partial charge in [-0.25, -0.2) is 4.39 Å². The third kappa shape index (κ3) is 3.78. The number of hydrogen-bond donors (Lipinski definition) is 0. The van der Waals surface area contributed by atoms with E-state index in [1.54, 1.807) is 17.5 Å². The molecule has 1 saturated heterocycles. The summed E-state index contributed by atoms with van der Waals surface area (Å²) < 4.78 is 13.2. The molecule has 0 bridgehead atoms. The van der Waals surface area contributed by atoms with Gasteiger partial charge in [0.05, 0.1) is 13.0 Å². The molecule has 4 rings (SSSR count). The first-order valence-corrected chi connectivity index (χ1v) is 9.46. The Morgan fingerprint density at radius 1 is 1.31 bits per heavy atom. The van der Waals surface area contributed by atoms with Crippen molar-refractivity contribution >= 4 is 27.9 Å². The van der Waals surface area contributed by atoms with E-state index in [1.807, 2.05) is 30.0 Å². The molecule has 0 spiro atoms. The number of nitrogens with zero attached hydrogens (tertiary/aromatic N) is 4. The van der Waals surface area contributed by atoms with Crippen molar-refractivity contribution in [1.29, 1.82) is 0 Å². The molecule has 0 saturated carbocycles. The van der Waals surface area contributed by atoms with Crippen LogP contribution in [0.4, 0.5) is 4.39 Å². The summed E-state index contributed by atoms with van der Waals surface area (Å²) in [5.41, 5.74) is 1.75. The fourth-order valence-electron chi connectivity index (χ4n) is 3.27. The van der Waals surface area contributed by atoms with Crippen LogP contribution in [-0.4, -0.2) is 51.7 Å². The number of halogens is 1. The summed E-state index contributed by atoms with van der Waals surface area (Å²) in [6, 6.07) is 8.02. The molecule has 1 fully saturated rings. The third-order valence-electron chi connectivity index (χ3n) is 4.54. The molecular weight excluding hydrogens is 351 g/mol. The van der Waals surface area contributed by atoms with Crippen molar-refractivity contribution in [1.82, 2.24) is 20.1 Å². The summed E-state index contributed by atoms with van der Waals surface area (Å²) in [5, 5.41) is 12.1. The van der Waals surface area contributed by atoms with Gasteiger partial charge in [-0.3, -0.25) is 14.7 Å². The zero-order valence-electron chi connectivity index (χ0n) is 14.5.